The number of aromatic nitrogens is 2. The molecular formula is C12H11FN4O3. The van der Waals surface area contributed by atoms with Gasteiger partial charge in [-0.15, -0.1) is 0 Å². The standard InChI is InChI=1S/C12H11FN4O3/c1-8(16-7-11(6-14-16)17(19)20)12(18)15-10-4-2-3-9(13)5-10/h2-8H,1H3,(H,15,18)/t8-/m0/s1. The molecule has 8 heteroatoms. The van der Waals surface area contributed by atoms with Gasteiger partial charge in [-0.05, 0) is 25.1 Å². The van der Waals surface area contributed by atoms with E-state index < -0.39 is 22.7 Å². The number of carbonyl (C=O) groups excluding carboxylic acids is 1. The Hall–Kier alpha value is -2.77. The highest BCUT2D eigenvalue weighted by molar-refractivity contribution is 5.93. The van der Waals surface area contributed by atoms with Crippen molar-refractivity contribution in [2.45, 2.75) is 13.0 Å². The first-order chi connectivity index (χ1) is 9.47. The molecule has 1 aromatic heterocycles. The molecule has 1 heterocycles. The number of anilines is 1. The van der Waals surface area contributed by atoms with Gasteiger partial charge in [-0.3, -0.25) is 19.6 Å². The highest BCUT2D eigenvalue weighted by Gasteiger charge is 2.19. The summed E-state index contributed by atoms with van der Waals surface area (Å²) in [6, 6.07) is 4.69. The van der Waals surface area contributed by atoms with Crippen molar-refractivity contribution in [1.29, 1.82) is 0 Å². The lowest BCUT2D eigenvalue weighted by atomic mass is 10.2. The molecule has 0 radical (unpaired) electrons. The van der Waals surface area contributed by atoms with Gasteiger partial charge in [-0.25, -0.2) is 4.39 Å². The average Bonchev–Trinajstić information content (AvgIpc) is 2.87. The Morgan fingerprint density at radius 1 is 1.55 bits per heavy atom. The fourth-order valence-corrected chi connectivity index (χ4v) is 1.57. The van der Waals surface area contributed by atoms with E-state index in [1.165, 1.54) is 29.8 Å². The SMILES string of the molecule is C[C@@H](C(=O)Nc1cccc(F)c1)n1cc([N+](=O)[O-])cn1. The zero-order valence-electron chi connectivity index (χ0n) is 10.5. The fourth-order valence-electron chi connectivity index (χ4n) is 1.57. The maximum atomic E-state index is 13.0. The largest absolute Gasteiger partial charge is 0.324 e. The fraction of sp³-hybridized carbons (Fsp3) is 0.167. The quantitative estimate of drug-likeness (QED) is 0.685. The number of rotatable bonds is 4. The Morgan fingerprint density at radius 2 is 2.30 bits per heavy atom. The van der Waals surface area contributed by atoms with Crippen LogP contribution in [-0.2, 0) is 4.79 Å². The number of nitro groups is 1. The summed E-state index contributed by atoms with van der Waals surface area (Å²) in [4.78, 5) is 21.9. The summed E-state index contributed by atoms with van der Waals surface area (Å²) in [5.74, 6) is -0.918. The van der Waals surface area contributed by atoms with Crippen LogP contribution in [0.15, 0.2) is 36.7 Å². The molecule has 0 fully saturated rings. The van der Waals surface area contributed by atoms with Crippen LogP contribution >= 0.6 is 0 Å². The number of hydrogen-bond acceptors (Lipinski definition) is 4. The highest BCUT2D eigenvalue weighted by atomic mass is 19.1. The summed E-state index contributed by atoms with van der Waals surface area (Å²) in [5, 5.41) is 16.8. The van der Waals surface area contributed by atoms with Crippen LogP contribution in [0.1, 0.15) is 13.0 Å². The molecule has 2 aromatic rings. The lowest BCUT2D eigenvalue weighted by Crippen LogP contribution is -2.24. The lowest BCUT2D eigenvalue weighted by molar-refractivity contribution is -0.385. The average molecular weight is 278 g/mol. The Labute approximate surface area is 113 Å². The molecule has 20 heavy (non-hydrogen) atoms. The second-order valence-electron chi connectivity index (χ2n) is 4.11. The van der Waals surface area contributed by atoms with Crippen molar-refractivity contribution in [3.63, 3.8) is 0 Å². The molecule has 0 aliphatic carbocycles. The van der Waals surface area contributed by atoms with Gasteiger partial charge in [0, 0.05) is 5.69 Å². The molecule has 0 aliphatic rings. The molecule has 104 valence electrons. The van der Waals surface area contributed by atoms with Gasteiger partial charge >= 0.3 is 5.69 Å². The highest BCUT2D eigenvalue weighted by Crippen LogP contribution is 2.15. The lowest BCUT2D eigenvalue weighted by Gasteiger charge is -2.12. The van der Waals surface area contributed by atoms with E-state index in [1.54, 1.807) is 6.07 Å². The summed E-state index contributed by atoms with van der Waals surface area (Å²) in [5.41, 5.74) is 0.110. The van der Waals surface area contributed by atoms with Crippen molar-refractivity contribution in [2.24, 2.45) is 0 Å². The van der Waals surface area contributed by atoms with E-state index in [0.717, 1.165) is 12.4 Å². The summed E-state index contributed by atoms with van der Waals surface area (Å²) < 4.78 is 14.2. The van der Waals surface area contributed by atoms with Crippen molar-refractivity contribution in [2.75, 3.05) is 5.32 Å². The second-order valence-corrected chi connectivity index (χ2v) is 4.11. The first kappa shape index (κ1) is 13.7. The zero-order chi connectivity index (χ0) is 14.7. The minimum atomic E-state index is -0.757. The van der Waals surface area contributed by atoms with E-state index in [-0.39, 0.29) is 5.69 Å². The van der Waals surface area contributed by atoms with E-state index in [0.29, 0.717) is 5.69 Å². The first-order valence-corrected chi connectivity index (χ1v) is 5.72. The van der Waals surface area contributed by atoms with Crippen LogP contribution in [0.25, 0.3) is 0 Å². The molecule has 2 rings (SSSR count). The molecule has 1 aromatic carbocycles. The Balaban J connectivity index is 2.10. The van der Waals surface area contributed by atoms with Crippen molar-refractivity contribution in [3.8, 4) is 0 Å². The summed E-state index contributed by atoms with van der Waals surface area (Å²) in [6.07, 6.45) is 2.22. The van der Waals surface area contributed by atoms with E-state index >= 15 is 0 Å². The normalized spacial score (nSPS) is 11.9. The van der Waals surface area contributed by atoms with E-state index in [9.17, 15) is 19.3 Å². The Morgan fingerprint density at radius 3 is 2.90 bits per heavy atom. The van der Waals surface area contributed by atoms with Crippen molar-refractivity contribution in [3.05, 3.63) is 52.6 Å². The molecule has 1 amide bonds. The molecule has 1 N–H and O–H groups in total. The molecular weight excluding hydrogens is 267 g/mol. The van der Waals surface area contributed by atoms with Gasteiger partial charge in [0.15, 0.2) is 0 Å². The molecule has 0 bridgehead atoms. The number of nitrogens with one attached hydrogen (secondary N) is 1. The van der Waals surface area contributed by atoms with Crippen LogP contribution in [0, 0.1) is 15.9 Å². The number of nitrogens with zero attached hydrogens (tertiary/aromatic N) is 3. The van der Waals surface area contributed by atoms with Crippen molar-refractivity contribution >= 4 is 17.3 Å². The maximum Gasteiger partial charge on any atom is 0.307 e. The van der Waals surface area contributed by atoms with Gasteiger partial charge < -0.3 is 5.32 Å². The summed E-state index contributed by atoms with van der Waals surface area (Å²) in [7, 11) is 0. The number of benzene rings is 1. The monoisotopic (exact) mass is 278 g/mol. The molecule has 0 spiro atoms. The predicted octanol–water partition coefficient (Wildman–Crippen LogP) is 2.13. The third kappa shape index (κ3) is 2.97. The molecule has 0 aliphatic heterocycles. The summed E-state index contributed by atoms with van der Waals surface area (Å²) in [6.45, 7) is 1.53. The zero-order valence-corrected chi connectivity index (χ0v) is 10.5. The molecule has 0 unspecified atom stereocenters. The third-order valence-corrected chi connectivity index (χ3v) is 2.67. The van der Waals surface area contributed by atoms with Crippen molar-refractivity contribution < 1.29 is 14.1 Å². The Kier molecular flexibility index (Phi) is 3.74. The van der Waals surface area contributed by atoms with E-state index in [4.69, 9.17) is 0 Å². The minimum Gasteiger partial charge on any atom is -0.324 e. The van der Waals surface area contributed by atoms with Crippen LogP contribution in [0.3, 0.4) is 0 Å². The smallest absolute Gasteiger partial charge is 0.307 e. The topological polar surface area (TPSA) is 90.1 Å². The molecule has 1 atom stereocenters. The first-order valence-electron chi connectivity index (χ1n) is 5.72. The van der Waals surface area contributed by atoms with Crippen LogP contribution in [0.5, 0.6) is 0 Å². The van der Waals surface area contributed by atoms with Crippen LogP contribution < -0.4 is 5.32 Å². The number of halogens is 1. The van der Waals surface area contributed by atoms with E-state index in [1.807, 2.05) is 0 Å². The van der Waals surface area contributed by atoms with Crippen LogP contribution in [0.2, 0.25) is 0 Å². The summed E-state index contributed by atoms with van der Waals surface area (Å²) >= 11 is 0. The molecule has 0 saturated carbocycles. The van der Waals surface area contributed by atoms with Crippen LogP contribution in [0.4, 0.5) is 15.8 Å². The predicted molar refractivity (Wildman–Crippen MR) is 68.6 cm³/mol. The number of hydrogen-bond donors (Lipinski definition) is 1. The van der Waals surface area contributed by atoms with Gasteiger partial charge in [0.25, 0.3) is 0 Å². The van der Waals surface area contributed by atoms with Crippen LogP contribution in [-0.4, -0.2) is 20.6 Å². The minimum absolute atomic E-state index is 0.199. The third-order valence-electron chi connectivity index (χ3n) is 2.67. The van der Waals surface area contributed by atoms with E-state index in [2.05, 4.69) is 10.4 Å². The number of carbonyl (C=O) groups is 1. The maximum absolute atomic E-state index is 13.0. The van der Waals surface area contributed by atoms with Gasteiger partial charge in [0.05, 0.1) is 4.92 Å². The number of amides is 1. The van der Waals surface area contributed by atoms with Gasteiger partial charge in [-0.1, -0.05) is 6.07 Å². The Bertz CT molecular complexity index is 656. The second kappa shape index (κ2) is 5.47. The van der Waals surface area contributed by atoms with Gasteiger partial charge in [0.2, 0.25) is 5.91 Å². The van der Waals surface area contributed by atoms with Gasteiger partial charge in [-0.2, -0.15) is 5.10 Å². The van der Waals surface area contributed by atoms with Gasteiger partial charge in [0.1, 0.15) is 24.3 Å². The molecule has 0 saturated heterocycles. The van der Waals surface area contributed by atoms with Crippen molar-refractivity contribution in [1.82, 2.24) is 9.78 Å². The molecule has 7 nitrogen and oxygen atoms in total.